The van der Waals surface area contributed by atoms with Crippen molar-refractivity contribution in [3.8, 4) is 11.3 Å². The van der Waals surface area contributed by atoms with Crippen LogP contribution in [-0.2, 0) is 6.54 Å². The Bertz CT molecular complexity index is 968. The van der Waals surface area contributed by atoms with Crippen molar-refractivity contribution in [1.29, 1.82) is 0 Å². The van der Waals surface area contributed by atoms with Crippen molar-refractivity contribution < 1.29 is 9.18 Å². The van der Waals surface area contributed by atoms with Gasteiger partial charge in [0.15, 0.2) is 0 Å². The number of carbonyl (C=O) groups is 1. The van der Waals surface area contributed by atoms with Gasteiger partial charge in [-0.2, -0.15) is 0 Å². The van der Waals surface area contributed by atoms with Crippen LogP contribution in [0.3, 0.4) is 0 Å². The summed E-state index contributed by atoms with van der Waals surface area (Å²) < 4.78 is 14.0. The molecular formula is C21H19BrFN3OS. The average Bonchev–Trinajstić information content (AvgIpc) is 3.17. The molecule has 1 aliphatic rings. The topological polar surface area (TPSA) is 36.4 Å². The Balaban J connectivity index is 1.33. The van der Waals surface area contributed by atoms with Crippen molar-refractivity contribution in [2.75, 3.05) is 26.2 Å². The minimum absolute atomic E-state index is 0.0776. The maximum atomic E-state index is 13.1. The Hall–Kier alpha value is -2.09. The first-order chi connectivity index (χ1) is 13.6. The van der Waals surface area contributed by atoms with Gasteiger partial charge in [0, 0.05) is 47.2 Å². The van der Waals surface area contributed by atoms with Crippen LogP contribution in [-0.4, -0.2) is 46.9 Å². The summed E-state index contributed by atoms with van der Waals surface area (Å²) in [7, 11) is 0. The molecule has 0 aliphatic carbocycles. The van der Waals surface area contributed by atoms with Gasteiger partial charge < -0.3 is 4.90 Å². The average molecular weight is 460 g/mol. The molecule has 7 heteroatoms. The van der Waals surface area contributed by atoms with Crippen LogP contribution in [0.2, 0.25) is 0 Å². The van der Waals surface area contributed by atoms with Gasteiger partial charge in [0.1, 0.15) is 10.8 Å². The summed E-state index contributed by atoms with van der Waals surface area (Å²) in [6.07, 6.45) is 0. The first-order valence-corrected chi connectivity index (χ1v) is 10.7. The predicted molar refractivity (Wildman–Crippen MR) is 113 cm³/mol. The molecule has 0 bridgehead atoms. The number of halogens is 2. The largest absolute Gasteiger partial charge is 0.336 e. The van der Waals surface area contributed by atoms with Crippen molar-refractivity contribution in [1.82, 2.24) is 14.8 Å². The molecule has 0 unspecified atom stereocenters. The molecule has 1 aromatic heterocycles. The SMILES string of the molecule is O=C(c1cccc(Br)c1)N1CCN(Cc2nc(-c3ccc(F)cc3)cs2)CC1. The number of benzene rings is 2. The highest BCUT2D eigenvalue weighted by Gasteiger charge is 2.23. The van der Waals surface area contributed by atoms with Crippen LogP contribution >= 0.6 is 27.3 Å². The third-order valence-corrected chi connectivity index (χ3v) is 6.11. The van der Waals surface area contributed by atoms with Gasteiger partial charge in [-0.1, -0.05) is 22.0 Å². The number of amides is 1. The first kappa shape index (κ1) is 19.2. The van der Waals surface area contributed by atoms with Crippen LogP contribution in [0.5, 0.6) is 0 Å². The standard InChI is InChI=1S/C21H19BrFN3OS/c22-17-3-1-2-16(12-17)21(27)26-10-8-25(9-11-26)13-20-24-19(14-28-20)15-4-6-18(23)7-5-15/h1-7,12,14H,8-11,13H2. The van der Waals surface area contributed by atoms with E-state index in [4.69, 9.17) is 0 Å². The number of hydrogen-bond acceptors (Lipinski definition) is 4. The zero-order valence-electron chi connectivity index (χ0n) is 15.1. The molecule has 3 aromatic rings. The highest BCUT2D eigenvalue weighted by Crippen LogP contribution is 2.23. The predicted octanol–water partition coefficient (Wildman–Crippen LogP) is 4.67. The monoisotopic (exact) mass is 459 g/mol. The van der Waals surface area contributed by atoms with E-state index in [1.165, 1.54) is 12.1 Å². The Labute approximate surface area is 175 Å². The van der Waals surface area contributed by atoms with Crippen LogP contribution in [0.1, 0.15) is 15.4 Å². The molecule has 0 N–H and O–H groups in total. The molecular weight excluding hydrogens is 441 g/mol. The van der Waals surface area contributed by atoms with E-state index < -0.39 is 0 Å². The lowest BCUT2D eigenvalue weighted by Gasteiger charge is -2.34. The fraction of sp³-hybridized carbons (Fsp3) is 0.238. The fourth-order valence-electron chi connectivity index (χ4n) is 3.24. The van der Waals surface area contributed by atoms with Gasteiger partial charge in [-0.25, -0.2) is 9.37 Å². The highest BCUT2D eigenvalue weighted by atomic mass is 79.9. The van der Waals surface area contributed by atoms with Crippen molar-refractivity contribution >= 4 is 33.2 Å². The normalized spacial score (nSPS) is 15.0. The van der Waals surface area contributed by atoms with E-state index in [2.05, 4.69) is 25.8 Å². The summed E-state index contributed by atoms with van der Waals surface area (Å²) in [6, 6.07) is 13.9. The van der Waals surface area contributed by atoms with Gasteiger partial charge >= 0.3 is 0 Å². The van der Waals surface area contributed by atoms with Crippen LogP contribution in [0.25, 0.3) is 11.3 Å². The van der Waals surface area contributed by atoms with E-state index in [1.54, 1.807) is 23.5 Å². The number of aromatic nitrogens is 1. The summed E-state index contributed by atoms with van der Waals surface area (Å²) in [5.41, 5.74) is 2.52. The minimum atomic E-state index is -0.241. The molecule has 0 atom stereocenters. The zero-order chi connectivity index (χ0) is 19.5. The molecule has 4 nitrogen and oxygen atoms in total. The molecule has 1 amide bonds. The molecule has 0 radical (unpaired) electrons. The number of nitrogens with zero attached hydrogens (tertiary/aromatic N) is 3. The van der Waals surface area contributed by atoms with E-state index in [0.29, 0.717) is 18.7 Å². The number of piperazine rings is 1. The van der Waals surface area contributed by atoms with Crippen LogP contribution in [0.15, 0.2) is 58.4 Å². The highest BCUT2D eigenvalue weighted by molar-refractivity contribution is 9.10. The maximum Gasteiger partial charge on any atom is 0.253 e. The van der Waals surface area contributed by atoms with Crippen molar-refractivity contribution in [2.24, 2.45) is 0 Å². The van der Waals surface area contributed by atoms with Gasteiger partial charge in [-0.15, -0.1) is 11.3 Å². The number of carbonyl (C=O) groups excluding carboxylic acids is 1. The van der Waals surface area contributed by atoms with Crippen LogP contribution in [0, 0.1) is 5.82 Å². The number of rotatable bonds is 4. The molecule has 0 spiro atoms. The fourth-order valence-corrected chi connectivity index (χ4v) is 4.49. The molecule has 1 fully saturated rings. The first-order valence-electron chi connectivity index (χ1n) is 9.06. The van der Waals surface area contributed by atoms with Gasteiger partial charge in [0.25, 0.3) is 5.91 Å². The Kier molecular flexibility index (Phi) is 5.85. The van der Waals surface area contributed by atoms with Gasteiger partial charge in [0.05, 0.1) is 12.2 Å². The van der Waals surface area contributed by atoms with Gasteiger partial charge in [0.2, 0.25) is 0 Å². The van der Waals surface area contributed by atoms with E-state index in [-0.39, 0.29) is 11.7 Å². The molecule has 1 saturated heterocycles. The second kappa shape index (κ2) is 8.51. The Morgan fingerprint density at radius 2 is 1.86 bits per heavy atom. The molecule has 1 aliphatic heterocycles. The summed E-state index contributed by atoms with van der Waals surface area (Å²) in [4.78, 5) is 21.6. The molecule has 0 saturated carbocycles. The number of thiazole rings is 1. The van der Waals surface area contributed by atoms with Crippen molar-refractivity contribution in [2.45, 2.75) is 6.54 Å². The molecule has 28 heavy (non-hydrogen) atoms. The lowest BCUT2D eigenvalue weighted by Crippen LogP contribution is -2.48. The lowest BCUT2D eigenvalue weighted by atomic mass is 10.2. The van der Waals surface area contributed by atoms with E-state index >= 15 is 0 Å². The van der Waals surface area contributed by atoms with Gasteiger partial charge in [-0.3, -0.25) is 9.69 Å². The minimum Gasteiger partial charge on any atom is -0.336 e. The Morgan fingerprint density at radius 3 is 2.57 bits per heavy atom. The van der Waals surface area contributed by atoms with E-state index in [9.17, 15) is 9.18 Å². The summed E-state index contributed by atoms with van der Waals surface area (Å²) >= 11 is 5.04. The maximum absolute atomic E-state index is 13.1. The van der Waals surface area contributed by atoms with Crippen molar-refractivity contribution in [3.05, 3.63) is 74.8 Å². The second-order valence-electron chi connectivity index (χ2n) is 6.71. The smallest absolute Gasteiger partial charge is 0.253 e. The molecule has 2 heterocycles. The van der Waals surface area contributed by atoms with Crippen LogP contribution < -0.4 is 0 Å². The summed E-state index contributed by atoms with van der Waals surface area (Å²) in [5.74, 6) is -0.164. The molecule has 2 aromatic carbocycles. The van der Waals surface area contributed by atoms with Crippen molar-refractivity contribution in [3.63, 3.8) is 0 Å². The lowest BCUT2D eigenvalue weighted by molar-refractivity contribution is 0.0628. The summed E-state index contributed by atoms with van der Waals surface area (Å²) in [6.45, 7) is 3.84. The number of hydrogen-bond donors (Lipinski definition) is 0. The summed E-state index contributed by atoms with van der Waals surface area (Å²) in [5, 5.41) is 3.04. The third-order valence-electron chi connectivity index (χ3n) is 4.78. The van der Waals surface area contributed by atoms with E-state index in [1.807, 2.05) is 34.5 Å². The third kappa shape index (κ3) is 4.48. The second-order valence-corrected chi connectivity index (χ2v) is 8.57. The van der Waals surface area contributed by atoms with E-state index in [0.717, 1.165) is 40.4 Å². The zero-order valence-corrected chi connectivity index (χ0v) is 17.5. The molecule has 144 valence electrons. The molecule has 4 rings (SSSR count). The Morgan fingerprint density at radius 1 is 1.11 bits per heavy atom. The van der Waals surface area contributed by atoms with Crippen LogP contribution in [0.4, 0.5) is 4.39 Å². The quantitative estimate of drug-likeness (QED) is 0.568. The van der Waals surface area contributed by atoms with Gasteiger partial charge in [-0.05, 0) is 42.5 Å².